The Morgan fingerprint density at radius 3 is 1.94 bits per heavy atom. The van der Waals surface area contributed by atoms with Crippen LogP contribution in [0.4, 0.5) is 0 Å². The molecule has 1 N–H and O–H groups in total. The highest BCUT2D eigenvalue weighted by atomic mass is 16.3. The molecule has 0 aromatic heterocycles. The number of hydrogen-bond donors (Lipinski definition) is 1. The zero-order chi connectivity index (χ0) is 13.2. The molecule has 1 nitrogen and oxygen atoms in total. The lowest BCUT2D eigenvalue weighted by atomic mass is 9.83. The normalized spacial score (nSPS) is 29.6. The van der Waals surface area contributed by atoms with Crippen molar-refractivity contribution in [2.24, 2.45) is 5.41 Å². The van der Waals surface area contributed by atoms with Crippen LogP contribution in [0.2, 0.25) is 0 Å². The van der Waals surface area contributed by atoms with Crippen molar-refractivity contribution in [3.8, 4) is 0 Å². The Labute approximate surface area is 109 Å². The average Bonchev–Trinajstić information content (AvgIpc) is 2.24. The number of hydrogen-bond acceptors (Lipinski definition) is 1. The van der Waals surface area contributed by atoms with Gasteiger partial charge in [0.05, 0.1) is 5.60 Å². The number of allylic oxidation sites excluding steroid dienone is 10. The quantitative estimate of drug-likeness (QED) is 0.637. The average molecular weight is 240 g/mol. The fourth-order valence-electron chi connectivity index (χ4n) is 2.10. The topological polar surface area (TPSA) is 20.2 Å². The zero-order valence-corrected chi connectivity index (χ0v) is 11.2. The van der Waals surface area contributed by atoms with Gasteiger partial charge in [-0.1, -0.05) is 68.5 Å². The molecule has 2 aliphatic rings. The predicted molar refractivity (Wildman–Crippen MR) is 77.1 cm³/mol. The molecule has 0 spiro atoms. The molecule has 0 saturated heterocycles. The summed E-state index contributed by atoms with van der Waals surface area (Å²) in [5, 5.41) is 10.3. The summed E-state index contributed by atoms with van der Waals surface area (Å²) in [6.07, 6.45) is 20.2. The molecule has 0 aromatic rings. The van der Waals surface area contributed by atoms with Gasteiger partial charge in [-0.3, -0.25) is 0 Å². The molecule has 2 aliphatic carbocycles. The highest BCUT2D eigenvalue weighted by Crippen LogP contribution is 2.31. The van der Waals surface area contributed by atoms with Crippen LogP contribution in [0.25, 0.3) is 0 Å². The molecule has 0 bridgehead atoms. The minimum Gasteiger partial charge on any atom is -0.382 e. The van der Waals surface area contributed by atoms with Crippen molar-refractivity contribution in [2.45, 2.75) is 26.4 Å². The maximum absolute atomic E-state index is 10.3. The summed E-state index contributed by atoms with van der Waals surface area (Å²) in [5.41, 5.74) is 1.22. The molecular formula is C17H20O. The van der Waals surface area contributed by atoms with Gasteiger partial charge < -0.3 is 5.11 Å². The van der Waals surface area contributed by atoms with Gasteiger partial charge in [0.25, 0.3) is 0 Å². The zero-order valence-electron chi connectivity index (χ0n) is 11.2. The molecule has 1 atom stereocenters. The summed E-state index contributed by atoms with van der Waals surface area (Å²) >= 11 is 0. The van der Waals surface area contributed by atoms with Crippen molar-refractivity contribution in [1.82, 2.24) is 0 Å². The number of aliphatic hydroxyl groups is 1. The molecule has 0 saturated carbocycles. The minimum absolute atomic E-state index is 0.0695. The molecule has 0 heterocycles. The Morgan fingerprint density at radius 1 is 0.778 bits per heavy atom. The van der Waals surface area contributed by atoms with Gasteiger partial charge in [-0.2, -0.15) is 0 Å². The second kappa shape index (κ2) is 4.58. The van der Waals surface area contributed by atoms with Gasteiger partial charge in [0.15, 0.2) is 0 Å². The second-order valence-electron chi connectivity index (χ2n) is 5.68. The summed E-state index contributed by atoms with van der Waals surface area (Å²) in [6, 6.07) is 0. The molecule has 1 unspecified atom stereocenters. The van der Waals surface area contributed by atoms with E-state index < -0.39 is 5.60 Å². The van der Waals surface area contributed by atoms with E-state index in [0.717, 1.165) is 11.1 Å². The third-order valence-corrected chi connectivity index (χ3v) is 3.04. The molecular weight excluding hydrogens is 220 g/mol. The Balaban J connectivity index is 2.61. The minimum atomic E-state index is -0.910. The summed E-state index contributed by atoms with van der Waals surface area (Å²) in [6.45, 7) is 6.09. The van der Waals surface area contributed by atoms with Crippen molar-refractivity contribution in [3.05, 3.63) is 71.9 Å². The van der Waals surface area contributed by atoms with Crippen LogP contribution >= 0.6 is 0 Å². The maximum atomic E-state index is 10.3. The van der Waals surface area contributed by atoms with E-state index in [1.165, 1.54) is 0 Å². The van der Waals surface area contributed by atoms with Crippen LogP contribution in [0, 0.1) is 5.41 Å². The van der Waals surface area contributed by atoms with E-state index in [1.807, 2.05) is 49.5 Å². The van der Waals surface area contributed by atoms with E-state index in [0.29, 0.717) is 0 Å². The smallest absolute Gasteiger partial charge is 0.0989 e. The van der Waals surface area contributed by atoms with E-state index in [2.05, 4.69) is 32.1 Å². The van der Waals surface area contributed by atoms with Crippen LogP contribution in [-0.2, 0) is 0 Å². The molecule has 1 heteroatoms. The Bertz CT molecular complexity index is 460. The molecule has 2 rings (SSSR count). The van der Waals surface area contributed by atoms with Crippen molar-refractivity contribution >= 4 is 0 Å². The highest BCUT2D eigenvalue weighted by Gasteiger charge is 2.21. The molecule has 0 fully saturated rings. The summed E-state index contributed by atoms with van der Waals surface area (Å²) < 4.78 is 0. The van der Waals surface area contributed by atoms with E-state index in [9.17, 15) is 5.11 Å². The second-order valence-corrected chi connectivity index (χ2v) is 5.68. The third kappa shape index (κ3) is 3.21. The van der Waals surface area contributed by atoms with Gasteiger partial charge in [0, 0.05) is 5.41 Å². The molecule has 94 valence electrons. The van der Waals surface area contributed by atoms with Crippen LogP contribution in [0.15, 0.2) is 71.9 Å². The van der Waals surface area contributed by atoms with Gasteiger partial charge in [-0.05, 0) is 24.1 Å². The van der Waals surface area contributed by atoms with Gasteiger partial charge in [0.2, 0.25) is 0 Å². The highest BCUT2D eigenvalue weighted by molar-refractivity contribution is 5.52. The molecule has 0 aliphatic heterocycles. The largest absolute Gasteiger partial charge is 0.382 e. The van der Waals surface area contributed by atoms with Crippen LogP contribution in [-0.4, -0.2) is 10.7 Å². The first kappa shape index (κ1) is 12.8. The van der Waals surface area contributed by atoms with Crippen molar-refractivity contribution in [1.29, 1.82) is 0 Å². The van der Waals surface area contributed by atoms with Gasteiger partial charge >= 0.3 is 0 Å². The van der Waals surface area contributed by atoms with Gasteiger partial charge in [0.1, 0.15) is 0 Å². The fourth-order valence-corrected chi connectivity index (χ4v) is 2.10. The van der Waals surface area contributed by atoms with Crippen LogP contribution in [0.5, 0.6) is 0 Å². The third-order valence-electron chi connectivity index (χ3n) is 3.04. The van der Waals surface area contributed by atoms with Crippen molar-refractivity contribution in [2.75, 3.05) is 0 Å². The molecule has 0 amide bonds. The van der Waals surface area contributed by atoms with E-state index in [-0.39, 0.29) is 5.41 Å². The van der Waals surface area contributed by atoms with Crippen LogP contribution in [0.1, 0.15) is 20.8 Å². The van der Waals surface area contributed by atoms with Crippen LogP contribution < -0.4 is 0 Å². The lowest BCUT2D eigenvalue weighted by molar-refractivity contribution is 0.162. The van der Waals surface area contributed by atoms with Crippen molar-refractivity contribution in [3.63, 3.8) is 0 Å². The monoisotopic (exact) mass is 240 g/mol. The van der Waals surface area contributed by atoms with Crippen molar-refractivity contribution < 1.29 is 5.11 Å². The maximum Gasteiger partial charge on any atom is 0.0989 e. The first-order chi connectivity index (χ1) is 8.38. The molecule has 18 heavy (non-hydrogen) atoms. The first-order valence-corrected chi connectivity index (χ1v) is 6.28. The lowest BCUT2D eigenvalue weighted by Crippen LogP contribution is -2.21. The van der Waals surface area contributed by atoms with E-state index in [4.69, 9.17) is 0 Å². The van der Waals surface area contributed by atoms with Gasteiger partial charge in [-0.25, -0.2) is 0 Å². The standard InChI is InChI=1S/C17H20O/c1-16(2)10-11-17(3,18)13-15-9-7-5-4-6-8-14(15)12-16/h4-13,18H,1-3H3. The first-order valence-electron chi connectivity index (χ1n) is 6.28. The fraction of sp³-hybridized carbons (Fsp3) is 0.294. The van der Waals surface area contributed by atoms with E-state index >= 15 is 0 Å². The van der Waals surface area contributed by atoms with Crippen LogP contribution in [0.3, 0.4) is 0 Å². The lowest BCUT2D eigenvalue weighted by Gasteiger charge is -2.25. The molecule has 0 aromatic carbocycles. The summed E-state index contributed by atoms with van der Waals surface area (Å²) in [5.74, 6) is 0. The van der Waals surface area contributed by atoms with E-state index in [1.54, 1.807) is 0 Å². The number of rotatable bonds is 0. The molecule has 0 radical (unpaired) electrons. The summed E-state index contributed by atoms with van der Waals surface area (Å²) in [4.78, 5) is 0. The predicted octanol–water partition coefficient (Wildman–Crippen LogP) is 3.87. The number of fused-ring (bicyclic) bond motifs is 1. The Kier molecular flexibility index (Phi) is 3.27. The Morgan fingerprint density at radius 2 is 1.33 bits per heavy atom. The summed E-state index contributed by atoms with van der Waals surface area (Å²) in [7, 11) is 0. The SMILES string of the molecule is CC1(C)C=CC(C)(O)C=C2C=CC=CC=CC2=C1. The Hall–Kier alpha value is -1.60. The van der Waals surface area contributed by atoms with Gasteiger partial charge in [-0.15, -0.1) is 0 Å².